The van der Waals surface area contributed by atoms with Gasteiger partial charge >= 0.3 is 0 Å². The highest BCUT2D eigenvalue weighted by Gasteiger charge is 2.38. The summed E-state index contributed by atoms with van der Waals surface area (Å²) in [6, 6.07) is 14.6. The lowest BCUT2D eigenvalue weighted by Crippen LogP contribution is -2.48. The Morgan fingerprint density at radius 3 is 2.71 bits per heavy atom. The number of piperidine rings is 1. The van der Waals surface area contributed by atoms with E-state index in [2.05, 4.69) is 60.6 Å². The quantitative estimate of drug-likeness (QED) is 0.256. The molecule has 0 bridgehead atoms. The average Bonchev–Trinajstić information content (AvgIpc) is 3.04. The minimum absolute atomic E-state index is 0.142. The molecule has 1 amide bonds. The van der Waals surface area contributed by atoms with Gasteiger partial charge < -0.3 is 34.5 Å². The van der Waals surface area contributed by atoms with Crippen molar-refractivity contribution < 1.29 is 23.7 Å². The van der Waals surface area contributed by atoms with Crippen molar-refractivity contribution >= 4 is 23.2 Å². The Labute approximate surface area is 274 Å². The molecular weight excluding hydrogens is 590 g/mol. The van der Waals surface area contributed by atoms with Crippen molar-refractivity contribution in [2.24, 2.45) is 11.3 Å². The topological polar surface area (TPSA) is 81.3 Å². The fourth-order valence-electron chi connectivity index (χ4n) is 6.83. The van der Waals surface area contributed by atoms with E-state index in [4.69, 9.17) is 30.5 Å². The van der Waals surface area contributed by atoms with Crippen molar-refractivity contribution in [3.05, 3.63) is 58.6 Å². The molecule has 0 aliphatic carbocycles. The number of nitrogens with zero attached hydrogens (tertiary/aromatic N) is 1. The second-order valence-electron chi connectivity index (χ2n) is 13.9. The second kappa shape index (κ2) is 15.5. The monoisotopic (exact) mass is 641 g/mol. The number of carbonyl (C=O) groups excluding carboxylic acids is 1. The van der Waals surface area contributed by atoms with Crippen LogP contribution in [-0.2, 0) is 31.2 Å². The molecule has 2 aromatic rings. The predicted molar refractivity (Wildman–Crippen MR) is 179 cm³/mol. The van der Waals surface area contributed by atoms with Gasteiger partial charge in [0.1, 0.15) is 11.4 Å². The summed E-state index contributed by atoms with van der Waals surface area (Å²) in [6.07, 6.45) is 5.91. The molecule has 3 atom stereocenters. The van der Waals surface area contributed by atoms with Gasteiger partial charge in [-0.1, -0.05) is 43.6 Å². The summed E-state index contributed by atoms with van der Waals surface area (Å²) in [5.74, 6) is 1.54. The van der Waals surface area contributed by atoms with Crippen LogP contribution < -0.4 is 20.3 Å². The van der Waals surface area contributed by atoms with E-state index in [1.807, 2.05) is 18.2 Å². The Kier molecular flexibility index (Phi) is 11.7. The first-order valence-corrected chi connectivity index (χ1v) is 17.1. The van der Waals surface area contributed by atoms with E-state index in [0.29, 0.717) is 36.7 Å². The van der Waals surface area contributed by atoms with E-state index in [9.17, 15) is 4.79 Å². The largest absolute Gasteiger partial charge is 0.479 e. The summed E-state index contributed by atoms with van der Waals surface area (Å²) in [7, 11) is 1.74. The first-order valence-electron chi connectivity index (χ1n) is 16.7. The third-order valence-corrected chi connectivity index (χ3v) is 9.86. The average molecular weight is 642 g/mol. The Bertz CT molecular complexity index is 1260. The number of benzene rings is 2. The first kappa shape index (κ1) is 34.0. The van der Waals surface area contributed by atoms with Gasteiger partial charge in [-0.2, -0.15) is 0 Å². The number of carbonyl (C=O) groups is 1. The third-order valence-electron chi connectivity index (χ3n) is 9.62. The van der Waals surface area contributed by atoms with Gasteiger partial charge in [-0.25, -0.2) is 0 Å². The van der Waals surface area contributed by atoms with Crippen LogP contribution in [0, 0.1) is 11.3 Å². The molecule has 0 aromatic heterocycles. The first-order chi connectivity index (χ1) is 21.6. The van der Waals surface area contributed by atoms with Gasteiger partial charge in [-0.15, -0.1) is 0 Å². The van der Waals surface area contributed by atoms with Gasteiger partial charge in [0.05, 0.1) is 24.9 Å². The Balaban J connectivity index is 1.13. The summed E-state index contributed by atoms with van der Waals surface area (Å²) < 4.78 is 23.9. The van der Waals surface area contributed by atoms with Crippen LogP contribution in [0.25, 0.3) is 0 Å². The fourth-order valence-corrected chi connectivity index (χ4v) is 7.02. The summed E-state index contributed by atoms with van der Waals surface area (Å²) in [4.78, 5) is 15.4. The lowest BCUT2D eigenvalue weighted by atomic mass is 9.82. The van der Waals surface area contributed by atoms with E-state index in [-0.39, 0.29) is 12.0 Å². The number of amides is 1. The molecule has 2 N–H and O–H groups in total. The summed E-state index contributed by atoms with van der Waals surface area (Å²) in [6.45, 7) is 12.2. The Morgan fingerprint density at radius 2 is 1.98 bits per heavy atom. The molecule has 5 rings (SSSR count). The lowest BCUT2D eigenvalue weighted by Gasteiger charge is -2.43. The lowest BCUT2D eigenvalue weighted by molar-refractivity contribution is -0.130. The molecule has 2 fully saturated rings. The molecule has 3 aliphatic heterocycles. The van der Waals surface area contributed by atoms with Gasteiger partial charge in [0.15, 0.2) is 0 Å². The van der Waals surface area contributed by atoms with Crippen LogP contribution in [0.15, 0.2) is 42.5 Å². The predicted octanol–water partition coefficient (Wildman–Crippen LogP) is 6.09. The van der Waals surface area contributed by atoms with Crippen molar-refractivity contribution in [3.63, 3.8) is 0 Å². The van der Waals surface area contributed by atoms with Gasteiger partial charge in [0.2, 0.25) is 5.91 Å². The number of hydrogen-bond donors (Lipinski definition) is 2. The normalized spacial score (nSPS) is 24.2. The van der Waals surface area contributed by atoms with Gasteiger partial charge in [-0.3, -0.25) is 4.79 Å². The zero-order chi connectivity index (χ0) is 31.9. The zero-order valence-electron chi connectivity index (χ0n) is 27.5. The maximum atomic E-state index is 13.0. The highest BCUT2D eigenvalue weighted by molar-refractivity contribution is 6.30. The van der Waals surface area contributed by atoms with Crippen LogP contribution in [0.5, 0.6) is 5.75 Å². The standard InChI is InChI=1S/C36H52ClN3O5/c1-35(2,34(41)39-22-26-13-17-43-18-14-26)21-30-10-11-31(23-38-30)44-24-27-9-12-33-32(19-27)40(15-6-16-42-4)25-36(3,45-33)28-7-5-8-29(37)20-28/h5,7-9,12,19-20,26,30-31,38H,6,10-11,13-18,21-25H2,1-4H3,(H,39,41)/t30-,31+,36?/m0/s1. The second-order valence-corrected chi connectivity index (χ2v) is 14.3. The van der Waals surface area contributed by atoms with Crippen LogP contribution in [0.3, 0.4) is 0 Å². The molecule has 0 saturated carbocycles. The summed E-state index contributed by atoms with van der Waals surface area (Å²) in [5.41, 5.74) is 2.34. The van der Waals surface area contributed by atoms with Crippen molar-refractivity contribution in [2.75, 3.05) is 58.0 Å². The Hall–Kier alpha value is -2.36. The van der Waals surface area contributed by atoms with E-state index in [1.165, 1.54) is 0 Å². The molecule has 2 saturated heterocycles. The van der Waals surface area contributed by atoms with Gasteiger partial charge in [0, 0.05) is 63.0 Å². The number of anilines is 1. The molecule has 45 heavy (non-hydrogen) atoms. The zero-order valence-corrected chi connectivity index (χ0v) is 28.3. The summed E-state index contributed by atoms with van der Waals surface area (Å²) in [5, 5.41) is 7.59. The van der Waals surface area contributed by atoms with Crippen LogP contribution in [0.4, 0.5) is 5.69 Å². The highest BCUT2D eigenvalue weighted by Crippen LogP contribution is 2.42. The van der Waals surface area contributed by atoms with Gasteiger partial charge in [-0.05, 0) is 86.8 Å². The molecule has 248 valence electrons. The molecule has 2 aromatic carbocycles. The number of ether oxygens (including phenoxy) is 4. The van der Waals surface area contributed by atoms with E-state index in [0.717, 1.165) is 93.9 Å². The van der Waals surface area contributed by atoms with Crippen molar-refractivity contribution in [2.45, 2.75) is 83.6 Å². The molecule has 3 aliphatic rings. The van der Waals surface area contributed by atoms with Crippen LogP contribution in [0.2, 0.25) is 5.02 Å². The molecular formula is C36H52ClN3O5. The molecule has 0 radical (unpaired) electrons. The third kappa shape index (κ3) is 9.13. The number of methoxy groups -OCH3 is 1. The Morgan fingerprint density at radius 1 is 1.16 bits per heavy atom. The van der Waals surface area contributed by atoms with E-state index in [1.54, 1.807) is 7.11 Å². The van der Waals surface area contributed by atoms with Crippen LogP contribution in [0.1, 0.15) is 70.4 Å². The fraction of sp³-hybridized carbons (Fsp3) is 0.639. The smallest absolute Gasteiger partial charge is 0.225 e. The number of hydrogen-bond acceptors (Lipinski definition) is 7. The molecule has 0 spiro atoms. The number of fused-ring (bicyclic) bond motifs is 1. The van der Waals surface area contributed by atoms with Gasteiger partial charge in [0.25, 0.3) is 0 Å². The van der Waals surface area contributed by atoms with E-state index < -0.39 is 11.0 Å². The maximum absolute atomic E-state index is 13.0. The minimum Gasteiger partial charge on any atom is -0.479 e. The molecule has 8 nitrogen and oxygen atoms in total. The SMILES string of the molecule is COCCCN1CC(C)(c2cccc(Cl)c2)Oc2ccc(CO[C@@H]3CC[C@@H](CC(C)(C)C(=O)NCC4CCOCC4)NC3)cc21. The maximum Gasteiger partial charge on any atom is 0.225 e. The number of rotatable bonds is 13. The molecule has 1 unspecified atom stereocenters. The van der Waals surface area contributed by atoms with E-state index >= 15 is 0 Å². The van der Waals surface area contributed by atoms with Crippen LogP contribution in [-0.4, -0.2) is 71.2 Å². The minimum atomic E-state index is -0.520. The molecule has 9 heteroatoms. The highest BCUT2D eigenvalue weighted by atomic mass is 35.5. The number of nitrogens with one attached hydrogen (secondary N) is 2. The van der Waals surface area contributed by atoms with Crippen LogP contribution >= 0.6 is 11.6 Å². The van der Waals surface area contributed by atoms with Crippen molar-refractivity contribution in [3.8, 4) is 5.75 Å². The molecule has 3 heterocycles. The summed E-state index contributed by atoms with van der Waals surface area (Å²) >= 11 is 6.35. The van der Waals surface area contributed by atoms with Crippen molar-refractivity contribution in [1.82, 2.24) is 10.6 Å². The number of halogens is 1. The van der Waals surface area contributed by atoms with Crippen molar-refractivity contribution in [1.29, 1.82) is 0 Å².